The molecular formula is C15H21BrN4. The van der Waals surface area contributed by atoms with Crippen LogP contribution in [-0.2, 0) is 13.5 Å². The summed E-state index contributed by atoms with van der Waals surface area (Å²) in [6.45, 7) is 5.28. The highest BCUT2D eigenvalue weighted by molar-refractivity contribution is 9.10. The van der Waals surface area contributed by atoms with Crippen LogP contribution < -0.4 is 5.32 Å². The van der Waals surface area contributed by atoms with E-state index in [1.807, 2.05) is 11.7 Å². The summed E-state index contributed by atoms with van der Waals surface area (Å²) in [4.78, 5) is 0. The average Bonchev–Trinajstić information content (AvgIpc) is 2.74. The molecule has 0 aliphatic heterocycles. The quantitative estimate of drug-likeness (QED) is 0.880. The van der Waals surface area contributed by atoms with E-state index in [9.17, 15) is 0 Å². The lowest BCUT2D eigenvalue weighted by Crippen LogP contribution is -2.26. The summed E-state index contributed by atoms with van der Waals surface area (Å²) in [5, 5.41) is 11.8. The van der Waals surface area contributed by atoms with E-state index >= 15 is 0 Å². The normalized spacial score (nSPS) is 12.6. The van der Waals surface area contributed by atoms with Gasteiger partial charge in [0.05, 0.1) is 11.7 Å². The molecule has 1 N–H and O–H groups in total. The van der Waals surface area contributed by atoms with Crippen LogP contribution in [0.4, 0.5) is 0 Å². The van der Waals surface area contributed by atoms with Gasteiger partial charge in [-0.25, -0.2) is 4.68 Å². The first-order valence-electron chi connectivity index (χ1n) is 6.95. The number of hydrogen-bond donors (Lipinski definition) is 1. The Labute approximate surface area is 128 Å². The van der Waals surface area contributed by atoms with Gasteiger partial charge in [-0.05, 0) is 47.8 Å². The molecule has 0 amide bonds. The average molecular weight is 337 g/mol. The van der Waals surface area contributed by atoms with Crippen LogP contribution in [0.15, 0.2) is 28.9 Å². The maximum Gasteiger partial charge on any atom is 0.153 e. The first-order valence-corrected chi connectivity index (χ1v) is 7.75. The zero-order valence-electron chi connectivity index (χ0n) is 12.2. The van der Waals surface area contributed by atoms with Gasteiger partial charge in [0, 0.05) is 7.05 Å². The van der Waals surface area contributed by atoms with Gasteiger partial charge in [-0.1, -0.05) is 42.0 Å². The molecule has 0 fully saturated rings. The van der Waals surface area contributed by atoms with Gasteiger partial charge >= 0.3 is 0 Å². The van der Waals surface area contributed by atoms with Crippen molar-refractivity contribution < 1.29 is 0 Å². The van der Waals surface area contributed by atoms with E-state index in [0.29, 0.717) is 0 Å². The Hall–Kier alpha value is -1.20. The maximum absolute atomic E-state index is 4.09. The molecule has 1 unspecified atom stereocenters. The Balaban J connectivity index is 2.24. The van der Waals surface area contributed by atoms with E-state index in [-0.39, 0.29) is 6.04 Å². The predicted molar refractivity (Wildman–Crippen MR) is 84.6 cm³/mol. The number of halogens is 1. The molecule has 0 bridgehead atoms. The van der Waals surface area contributed by atoms with Crippen LogP contribution in [0.1, 0.15) is 36.2 Å². The molecule has 1 aromatic heterocycles. The van der Waals surface area contributed by atoms with E-state index in [1.54, 1.807) is 0 Å². The van der Waals surface area contributed by atoms with Gasteiger partial charge in [0.1, 0.15) is 0 Å². The first-order chi connectivity index (χ1) is 9.61. The van der Waals surface area contributed by atoms with Gasteiger partial charge in [0.2, 0.25) is 0 Å². The monoisotopic (exact) mass is 336 g/mol. The number of nitrogens with zero attached hydrogens (tertiary/aromatic N) is 3. The Bertz CT molecular complexity index is 545. The van der Waals surface area contributed by atoms with Crippen LogP contribution in [0, 0.1) is 6.92 Å². The van der Waals surface area contributed by atoms with E-state index in [0.717, 1.165) is 29.7 Å². The molecule has 1 heterocycles. The van der Waals surface area contributed by atoms with E-state index in [4.69, 9.17) is 0 Å². The van der Waals surface area contributed by atoms with E-state index < -0.39 is 0 Å². The summed E-state index contributed by atoms with van der Waals surface area (Å²) in [5.74, 6) is 0. The minimum absolute atomic E-state index is 0.214. The number of rotatable bonds is 6. The Morgan fingerprint density at radius 3 is 2.80 bits per heavy atom. The summed E-state index contributed by atoms with van der Waals surface area (Å²) in [6.07, 6.45) is 2.04. The van der Waals surface area contributed by atoms with Crippen molar-refractivity contribution >= 4 is 15.9 Å². The molecular weight excluding hydrogens is 316 g/mol. The van der Waals surface area contributed by atoms with Crippen molar-refractivity contribution in [2.75, 3.05) is 6.54 Å². The molecule has 0 aliphatic carbocycles. The summed E-state index contributed by atoms with van der Waals surface area (Å²) in [5.41, 5.74) is 3.71. The molecule has 2 rings (SSSR count). The second-order valence-corrected chi connectivity index (χ2v) is 5.84. The van der Waals surface area contributed by atoms with Crippen LogP contribution >= 0.6 is 15.9 Å². The Kier molecular flexibility index (Phi) is 5.31. The van der Waals surface area contributed by atoms with Crippen LogP contribution in [0.5, 0.6) is 0 Å². The van der Waals surface area contributed by atoms with E-state index in [2.05, 4.69) is 69.7 Å². The SMILES string of the molecule is CCCNC(Cc1cccc(C)c1)c1c(Br)nnn1C. The van der Waals surface area contributed by atoms with Crippen LogP contribution in [-0.4, -0.2) is 21.5 Å². The fourth-order valence-electron chi connectivity index (χ4n) is 2.37. The molecule has 1 atom stereocenters. The predicted octanol–water partition coefficient (Wildman–Crippen LogP) is 3.17. The minimum Gasteiger partial charge on any atom is -0.308 e. The molecule has 5 heteroatoms. The number of hydrogen-bond acceptors (Lipinski definition) is 3. The third-order valence-electron chi connectivity index (χ3n) is 3.32. The lowest BCUT2D eigenvalue weighted by Gasteiger charge is -2.19. The molecule has 4 nitrogen and oxygen atoms in total. The highest BCUT2D eigenvalue weighted by Crippen LogP contribution is 2.24. The van der Waals surface area contributed by atoms with Crippen LogP contribution in [0.25, 0.3) is 0 Å². The van der Waals surface area contributed by atoms with Gasteiger partial charge in [-0.15, -0.1) is 5.10 Å². The first kappa shape index (κ1) is 15.2. The Morgan fingerprint density at radius 1 is 1.40 bits per heavy atom. The van der Waals surface area contributed by atoms with Crippen molar-refractivity contribution in [3.8, 4) is 0 Å². The molecule has 108 valence electrons. The zero-order valence-corrected chi connectivity index (χ0v) is 13.8. The molecule has 1 aromatic carbocycles. The topological polar surface area (TPSA) is 42.7 Å². The van der Waals surface area contributed by atoms with Gasteiger partial charge < -0.3 is 5.32 Å². The second kappa shape index (κ2) is 6.99. The third kappa shape index (κ3) is 3.67. The number of benzene rings is 1. The van der Waals surface area contributed by atoms with Gasteiger partial charge in [0.25, 0.3) is 0 Å². The van der Waals surface area contributed by atoms with Gasteiger partial charge in [-0.2, -0.15) is 0 Å². The lowest BCUT2D eigenvalue weighted by molar-refractivity contribution is 0.491. The second-order valence-electron chi connectivity index (χ2n) is 5.09. The minimum atomic E-state index is 0.214. The summed E-state index contributed by atoms with van der Waals surface area (Å²) in [6, 6.07) is 8.85. The zero-order chi connectivity index (χ0) is 14.5. The van der Waals surface area contributed by atoms with Crippen molar-refractivity contribution in [2.24, 2.45) is 7.05 Å². The largest absolute Gasteiger partial charge is 0.308 e. The van der Waals surface area contributed by atoms with Crippen LogP contribution in [0.3, 0.4) is 0 Å². The number of aryl methyl sites for hydroxylation is 2. The summed E-state index contributed by atoms with van der Waals surface area (Å²) >= 11 is 3.50. The summed E-state index contributed by atoms with van der Waals surface area (Å²) in [7, 11) is 1.93. The van der Waals surface area contributed by atoms with Crippen molar-refractivity contribution in [3.63, 3.8) is 0 Å². The van der Waals surface area contributed by atoms with Crippen molar-refractivity contribution in [3.05, 3.63) is 45.7 Å². The standard InChI is InChI=1S/C15H21BrN4/c1-4-8-17-13(14-15(16)18-19-20(14)3)10-12-7-5-6-11(2)9-12/h5-7,9,13,17H,4,8,10H2,1-3H3. The molecule has 0 spiro atoms. The molecule has 20 heavy (non-hydrogen) atoms. The van der Waals surface area contributed by atoms with E-state index in [1.165, 1.54) is 11.1 Å². The third-order valence-corrected chi connectivity index (χ3v) is 3.88. The molecule has 2 aromatic rings. The number of aromatic nitrogens is 3. The highest BCUT2D eigenvalue weighted by atomic mass is 79.9. The lowest BCUT2D eigenvalue weighted by atomic mass is 10.0. The highest BCUT2D eigenvalue weighted by Gasteiger charge is 2.20. The van der Waals surface area contributed by atoms with Crippen LogP contribution in [0.2, 0.25) is 0 Å². The smallest absolute Gasteiger partial charge is 0.153 e. The van der Waals surface area contributed by atoms with Crippen molar-refractivity contribution in [1.29, 1.82) is 0 Å². The van der Waals surface area contributed by atoms with Crippen molar-refractivity contribution in [1.82, 2.24) is 20.3 Å². The fraction of sp³-hybridized carbons (Fsp3) is 0.467. The van der Waals surface area contributed by atoms with Gasteiger partial charge in [0.15, 0.2) is 4.60 Å². The fourth-order valence-corrected chi connectivity index (χ4v) is 2.97. The Morgan fingerprint density at radius 2 is 2.20 bits per heavy atom. The molecule has 0 saturated heterocycles. The molecule has 0 saturated carbocycles. The molecule has 0 radical (unpaired) electrons. The summed E-state index contributed by atoms with van der Waals surface area (Å²) < 4.78 is 2.66. The maximum atomic E-state index is 4.09. The number of nitrogens with one attached hydrogen (secondary N) is 1. The van der Waals surface area contributed by atoms with Crippen molar-refractivity contribution in [2.45, 2.75) is 32.7 Å². The molecule has 0 aliphatic rings. The van der Waals surface area contributed by atoms with Gasteiger partial charge in [-0.3, -0.25) is 0 Å².